The number of hydrogen-bond acceptors (Lipinski definition) is 5. The number of fused-ring (bicyclic) bond motifs is 2. The molecule has 2 heterocycles. The molecule has 4 aromatic rings. The maximum Gasteiger partial charge on any atom is 0.336 e. The number of imidazole rings is 1. The highest BCUT2D eigenvalue weighted by molar-refractivity contribution is 7.98. The second-order valence-electron chi connectivity index (χ2n) is 5.99. The lowest BCUT2D eigenvalue weighted by Gasteiger charge is -2.05. The number of aromatic amines is 1. The molecule has 0 aliphatic heterocycles. The van der Waals surface area contributed by atoms with Crippen LogP contribution in [0, 0.1) is 0 Å². The Hall–Kier alpha value is -2.73. The Morgan fingerprint density at radius 2 is 2.08 bits per heavy atom. The summed E-state index contributed by atoms with van der Waals surface area (Å²) in [6.45, 7) is 2.08. The number of methoxy groups -OCH3 is 1. The van der Waals surface area contributed by atoms with Crippen LogP contribution in [0.25, 0.3) is 22.0 Å². The van der Waals surface area contributed by atoms with Crippen molar-refractivity contribution >= 4 is 33.8 Å². The Morgan fingerprint density at radius 3 is 2.88 bits per heavy atom. The van der Waals surface area contributed by atoms with Crippen LogP contribution in [0.3, 0.4) is 0 Å². The largest absolute Gasteiger partial charge is 0.497 e. The molecule has 0 aliphatic carbocycles. The normalized spacial score (nSPS) is 11.3. The van der Waals surface area contributed by atoms with E-state index in [1.807, 2.05) is 30.3 Å². The monoisotopic (exact) mass is 366 g/mol. The Kier molecular flexibility index (Phi) is 4.42. The van der Waals surface area contributed by atoms with Gasteiger partial charge in [-0.2, -0.15) is 0 Å². The van der Waals surface area contributed by atoms with Gasteiger partial charge in [0.2, 0.25) is 0 Å². The molecule has 0 saturated heterocycles. The number of aryl methyl sites for hydroxylation is 1. The SMILES string of the molecule is CCc1ccc2c(CSc3nc4ccc(OC)cc4[nH]3)cc(=O)oc2c1. The molecular weight excluding hydrogens is 348 g/mol. The number of hydrogen-bond donors (Lipinski definition) is 1. The third-order valence-corrected chi connectivity index (χ3v) is 5.26. The molecule has 5 nitrogen and oxygen atoms in total. The first-order valence-corrected chi connectivity index (χ1v) is 9.37. The van der Waals surface area contributed by atoms with Crippen molar-refractivity contribution in [3.05, 3.63) is 64.0 Å². The summed E-state index contributed by atoms with van der Waals surface area (Å²) in [4.78, 5) is 19.8. The van der Waals surface area contributed by atoms with E-state index in [-0.39, 0.29) is 5.63 Å². The lowest BCUT2D eigenvalue weighted by molar-refractivity contribution is 0.415. The zero-order valence-corrected chi connectivity index (χ0v) is 15.4. The van der Waals surface area contributed by atoms with Gasteiger partial charge in [0.1, 0.15) is 11.3 Å². The number of ether oxygens (including phenoxy) is 1. The van der Waals surface area contributed by atoms with Gasteiger partial charge in [0, 0.05) is 23.3 Å². The molecule has 132 valence electrons. The van der Waals surface area contributed by atoms with Crippen molar-refractivity contribution in [2.75, 3.05) is 7.11 Å². The molecule has 2 aromatic carbocycles. The Morgan fingerprint density at radius 1 is 1.19 bits per heavy atom. The fourth-order valence-electron chi connectivity index (χ4n) is 2.92. The molecule has 0 amide bonds. The standard InChI is InChI=1S/C20H18N2O3S/c1-3-12-4-6-15-13(9-19(23)25-18(15)8-12)11-26-20-21-16-7-5-14(24-2)10-17(16)22-20/h4-10H,3,11H2,1-2H3,(H,21,22). The summed E-state index contributed by atoms with van der Waals surface area (Å²) in [5.41, 5.74) is 4.23. The van der Waals surface area contributed by atoms with E-state index in [1.165, 1.54) is 0 Å². The van der Waals surface area contributed by atoms with E-state index in [4.69, 9.17) is 9.15 Å². The molecule has 0 spiro atoms. The minimum absolute atomic E-state index is 0.323. The number of aromatic nitrogens is 2. The molecule has 0 bridgehead atoms. The Labute approximate surface area is 154 Å². The van der Waals surface area contributed by atoms with E-state index in [0.717, 1.165) is 44.9 Å². The average Bonchev–Trinajstić information content (AvgIpc) is 3.07. The van der Waals surface area contributed by atoms with Crippen molar-refractivity contribution in [3.63, 3.8) is 0 Å². The van der Waals surface area contributed by atoms with E-state index in [2.05, 4.69) is 23.0 Å². The number of rotatable bonds is 5. The van der Waals surface area contributed by atoms with Crippen molar-refractivity contribution in [2.45, 2.75) is 24.3 Å². The van der Waals surface area contributed by atoms with Crippen LogP contribution in [0.2, 0.25) is 0 Å². The van der Waals surface area contributed by atoms with Crippen LogP contribution in [0.15, 0.2) is 56.8 Å². The highest BCUT2D eigenvalue weighted by atomic mass is 32.2. The molecular formula is C20H18N2O3S. The molecule has 0 fully saturated rings. The summed E-state index contributed by atoms with van der Waals surface area (Å²) in [5, 5.41) is 1.77. The fraction of sp³-hybridized carbons (Fsp3) is 0.200. The van der Waals surface area contributed by atoms with Gasteiger partial charge in [0.25, 0.3) is 0 Å². The summed E-state index contributed by atoms with van der Waals surface area (Å²) in [6, 6.07) is 13.3. The van der Waals surface area contributed by atoms with Gasteiger partial charge in [0.05, 0.1) is 18.1 Å². The van der Waals surface area contributed by atoms with Gasteiger partial charge in [-0.3, -0.25) is 0 Å². The summed E-state index contributed by atoms with van der Waals surface area (Å²) >= 11 is 1.56. The minimum Gasteiger partial charge on any atom is -0.497 e. The molecule has 6 heteroatoms. The van der Waals surface area contributed by atoms with E-state index in [1.54, 1.807) is 24.9 Å². The molecule has 0 aliphatic rings. The quantitative estimate of drug-likeness (QED) is 0.415. The van der Waals surface area contributed by atoms with Crippen molar-refractivity contribution in [3.8, 4) is 5.75 Å². The van der Waals surface area contributed by atoms with Gasteiger partial charge in [-0.25, -0.2) is 9.78 Å². The van der Waals surface area contributed by atoms with Gasteiger partial charge in [-0.05, 0) is 35.7 Å². The fourth-order valence-corrected chi connectivity index (χ4v) is 3.80. The van der Waals surface area contributed by atoms with Crippen LogP contribution in [0.4, 0.5) is 0 Å². The second-order valence-corrected chi connectivity index (χ2v) is 6.95. The number of benzene rings is 2. The molecule has 4 rings (SSSR count). The zero-order valence-electron chi connectivity index (χ0n) is 14.5. The summed E-state index contributed by atoms with van der Waals surface area (Å²) in [7, 11) is 1.64. The van der Waals surface area contributed by atoms with Crippen LogP contribution < -0.4 is 10.4 Å². The summed E-state index contributed by atoms with van der Waals surface area (Å²) < 4.78 is 10.6. The number of H-pyrrole nitrogens is 1. The maximum atomic E-state index is 11.9. The van der Waals surface area contributed by atoms with Crippen LogP contribution in [0.5, 0.6) is 5.75 Å². The molecule has 0 saturated carbocycles. The average molecular weight is 366 g/mol. The maximum absolute atomic E-state index is 11.9. The van der Waals surface area contributed by atoms with Gasteiger partial charge in [-0.15, -0.1) is 0 Å². The Balaban J connectivity index is 1.64. The minimum atomic E-state index is -0.323. The molecule has 1 N–H and O–H groups in total. The molecule has 0 atom stereocenters. The van der Waals surface area contributed by atoms with Crippen LogP contribution >= 0.6 is 11.8 Å². The predicted molar refractivity (Wildman–Crippen MR) is 104 cm³/mol. The smallest absolute Gasteiger partial charge is 0.336 e. The van der Waals surface area contributed by atoms with Gasteiger partial charge in [0.15, 0.2) is 5.16 Å². The number of nitrogens with one attached hydrogen (secondary N) is 1. The third kappa shape index (κ3) is 3.20. The first-order chi connectivity index (χ1) is 12.7. The second kappa shape index (κ2) is 6.88. The predicted octanol–water partition coefficient (Wildman–Crippen LogP) is 4.53. The summed E-state index contributed by atoms with van der Waals surface area (Å²) in [6.07, 6.45) is 0.904. The van der Waals surface area contributed by atoms with Crippen LogP contribution in [-0.2, 0) is 12.2 Å². The van der Waals surface area contributed by atoms with Crippen LogP contribution in [-0.4, -0.2) is 17.1 Å². The van der Waals surface area contributed by atoms with Gasteiger partial charge < -0.3 is 14.1 Å². The first kappa shape index (κ1) is 16.7. The summed E-state index contributed by atoms with van der Waals surface area (Å²) in [5.74, 6) is 1.42. The topological polar surface area (TPSA) is 68.1 Å². The van der Waals surface area contributed by atoms with Gasteiger partial charge in [-0.1, -0.05) is 30.8 Å². The highest BCUT2D eigenvalue weighted by Crippen LogP contribution is 2.28. The zero-order chi connectivity index (χ0) is 18.1. The number of nitrogens with zero attached hydrogens (tertiary/aromatic N) is 1. The van der Waals surface area contributed by atoms with Crippen molar-refractivity contribution in [2.24, 2.45) is 0 Å². The highest BCUT2D eigenvalue weighted by Gasteiger charge is 2.09. The van der Waals surface area contributed by atoms with Crippen molar-refractivity contribution < 1.29 is 9.15 Å². The van der Waals surface area contributed by atoms with Crippen molar-refractivity contribution in [1.29, 1.82) is 0 Å². The first-order valence-electron chi connectivity index (χ1n) is 8.38. The Bertz CT molecular complexity index is 1150. The molecule has 0 radical (unpaired) electrons. The van der Waals surface area contributed by atoms with E-state index < -0.39 is 0 Å². The lowest BCUT2D eigenvalue weighted by atomic mass is 10.1. The van der Waals surface area contributed by atoms with Crippen LogP contribution in [0.1, 0.15) is 18.1 Å². The third-order valence-electron chi connectivity index (χ3n) is 4.33. The van der Waals surface area contributed by atoms with E-state index in [0.29, 0.717) is 11.3 Å². The van der Waals surface area contributed by atoms with E-state index >= 15 is 0 Å². The molecule has 0 unspecified atom stereocenters. The molecule has 2 aromatic heterocycles. The number of thioether (sulfide) groups is 1. The van der Waals surface area contributed by atoms with Crippen molar-refractivity contribution in [1.82, 2.24) is 9.97 Å². The lowest BCUT2D eigenvalue weighted by Crippen LogP contribution is -2.00. The molecule has 26 heavy (non-hydrogen) atoms. The van der Waals surface area contributed by atoms with Gasteiger partial charge >= 0.3 is 5.63 Å². The van der Waals surface area contributed by atoms with E-state index in [9.17, 15) is 4.79 Å².